The van der Waals surface area contributed by atoms with Gasteiger partial charge in [0.2, 0.25) is 0 Å². The van der Waals surface area contributed by atoms with Crippen molar-refractivity contribution in [2.45, 2.75) is 25.9 Å². The van der Waals surface area contributed by atoms with Gasteiger partial charge in [-0.3, -0.25) is 4.79 Å². The minimum atomic E-state index is -0.293. The van der Waals surface area contributed by atoms with Crippen molar-refractivity contribution in [2.75, 3.05) is 6.54 Å². The molecule has 1 saturated heterocycles. The van der Waals surface area contributed by atoms with E-state index in [1.54, 1.807) is 0 Å². The first kappa shape index (κ1) is 16.8. The van der Waals surface area contributed by atoms with Crippen LogP contribution in [0.1, 0.15) is 31.4 Å². The number of rotatable bonds is 5. The lowest BCUT2D eigenvalue weighted by Gasteiger charge is -2.23. The Kier molecular flexibility index (Phi) is 5.10. The van der Waals surface area contributed by atoms with Crippen LogP contribution >= 0.6 is 11.6 Å². The first-order valence-electron chi connectivity index (χ1n) is 8.25. The van der Waals surface area contributed by atoms with Crippen molar-refractivity contribution >= 4 is 17.6 Å². The highest BCUT2D eigenvalue weighted by Crippen LogP contribution is 2.38. The molecule has 0 aromatic heterocycles. The number of carbonyl (C=O) groups excluding carboxylic acids is 1. The molecule has 1 aromatic rings. The summed E-state index contributed by atoms with van der Waals surface area (Å²) in [6.45, 7) is 7.08. The SMILES string of the molecule is C=C(NCC1C=CC(C)=CC1)[C@@H]1CC(=O)O[C@@H]1c1ccc(Cl)cc1. The fourth-order valence-corrected chi connectivity index (χ4v) is 3.26. The third kappa shape index (κ3) is 3.90. The van der Waals surface area contributed by atoms with Gasteiger partial charge in [-0.15, -0.1) is 0 Å². The first-order chi connectivity index (χ1) is 11.5. The van der Waals surface area contributed by atoms with Gasteiger partial charge in [-0.2, -0.15) is 0 Å². The summed E-state index contributed by atoms with van der Waals surface area (Å²) in [5.74, 6) is 0.222. The van der Waals surface area contributed by atoms with Gasteiger partial charge in [0.1, 0.15) is 6.10 Å². The second-order valence-corrected chi connectivity index (χ2v) is 6.92. The second-order valence-electron chi connectivity index (χ2n) is 6.48. The van der Waals surface area contributed by atoms with E-state index in [0.29, 0.717) is 17.4 Å². The molecule has 0 radical (unpaired) electrons. The molecule has 1 aliphatic heterocycles. The molecule has 24 heavy (non-hydrogen) atoms. The monoisotopic (exact) mass is 343 g/mol. The Morgan fingerprint density at radius 2 is 2.12 bits per heavy atom. The summed E-state index contributed by atoms with van der Waals surface area (Å²) in [6.07, 6.45) is 7.72. The lowest BCUT2D eigenvalue weighted by molar-refractivity contribution is -0.141. The summed E-state index contributed by atoms with van der Waals surface area (Å²) in [4.78, 5) is 11.8. The fraction of sp³-hybridized carbons (Fsp3) is 0.350. The predicted octanol–water partition coefficient (Wildman–Crippen LogP) is 4.57. The summed E-state index contributed by atoms with van der Waals surface area (Å²) in [7, 11) is 0. The minimum absolute atomic E-state index is 0.0523. The average molecular weight is 344 g/mol. The number of carbonyl (C=O) groups is 1. The van der Waals surface area contributed by atoms with Crippen LogP contribution in [0.5, 0.6) is 0 Å². The first-order valence-corrected chi connectivity index (χ1v) is 8.63. The van der Waals surface area contributed by atoms with Gasteiger partial charge in [-0.25, -0.2) is 0 Å². The van der Waals surface area contributed by atoms with Crippen molar-refractivity contribution < 1.29 is 9.53 Å². The highest BCUT2D eigenvalue weighted by atomic mass is 35.5. The van der Waals surface area contributed by atoms with Crippen LogP contribution in [-0.2, 0) is 9.53 Å². The van der Waals surface area contributed by atoms with Crippen LogP contribution in [0.4, 0.5) is 0 Å². The number of allylic oxidation sites excluding steroid dienone is 3. The summed E-state index contributed by atoms with van der Waals surface area (Å²) in [6, 6.07) is 7.45. The van der Waals surface area contributed by atoms with E-state index in [4.69, 9.17) is 16.3 Å². The smallest absolute Gasteiger partial charge is 0.307 e. The summed E-state index contributed by atoms with van der Waals surface area (Å²) in [5.41, 5.74) is 3.12. The second kappa shape index (κ2) is 7.27. The van der Waals surface area contributed by atoms with E-state index in [2.05, 4.69) is 37.0 Å². The Bertz CT molecular complexity index is 690. The molecule has 126 valence electrons. The van der Waals surface area contributed by atoms with Crippen molar-refractivity contribution in [2.24, 2.45) is 11.8 Å². The van der Waals surface area contributed by atoms with Crippen molar-refractivity contribution in [1.82, 2.24) is 5.32 Å². The Labute approximate surface area is 148 Å². The number of nitrogens with one attached hydrogen (secondary N) is 1. The molecule has 1 unspecified atom stereocenters. The summed E-state index contributed by atoms with van der Waals surface area (Å²) < 4.78 is 5.52. The zero-order valence-electron chi connectivity index (χ0n) is 13.8. The van der Waals surface area contributed by atoms with Gasteiger partial charge in [-0.05, 0) is 37.0 Å². The topological polar surface area (TPSA) is 38.3 Å². The molecule has 3 atom stereocenters. The Hall–Kier alpha value is -2.00. The molecule has 3 nitrogen and oxygen atoms in total. The van der Waals surface area contributed by atoms with Gasteiger partial charge < -0.3 is 10.1 Å². The molecule has 0 saturated carbocycles. The normalized spacial score (nSPS) is 26.0. The zero-order valence-corrected chi connectivity index (χ0v) is 14.6. The number of ether oxygens (including phenoxy) is 1. The molecule has 1 aromatic carbocycles. The molecular weight excluding hydrogens is 322 g/mol. The predicted molar refractivity (Wildman–Crippen MR) is 96.5 cm³/mol. The molecule has 3 rings (SSSR count). The third-order valence-electron chi connectivity index (χ3n) is 4.62. The lowest BCUT2D eigenvalue weighted by atomic mass is 9.92. The molecule has 1 heterocycles. The molecular formula is C20H22ClNO2. The van der Waals surface area contributed by atoms with Gasteiger partial charge in [0.25, 0.3) is 0 Å². The number of esters is 1. The standard InChI is InChI=1S/C20H22ClNO2/c1-13-3-5-15(6-4-13)12-22-14(2)18-11-19(23)24-20(18)16-7-9-17(21)10-8-16/h3-5,7-10,15,18,20,22H,2,6,11-12H2,1H3/t15?,18-,20+/m0/s1. The van der Waals surface area contributed by atoms with E-state index >= 15 is 0 Å². The molecule has 4 heteroatoms. The third-order valence-corrected chi connectivity index (χ3v) is 4.87. The van der Waals surface area contributed by atoms with Crippen LogP contribution in [0.2, 0.25) is 5.02 Å². The van der Waals surface area contributed by atoms with Crippen LogP contribution in [-0.4, -0.2) is 12.5 Å². The summed E-state index contributed by atoms with van der Waals surface area (Å²) in [5, 5.41) is 4.08. The van der Waals surface area contributed by atoms with Crippen LogP contribution in [0.15, 0.2) is 60.3 Å². The van der Waals surface area contributed by atoms with Gasteiger partial charge >= 0.3 is 5.97 Å². The Balaban J connectivity index is 1.63. The van der Waals surface area contributed by atoms with Crippen molar-refractivity contribution in [3.05, 3.63) is 70.9 Å². The Morgan fingerprint density at radius 1 is 1.38 bits per heavy atom. The molecule has 0 amide bonds. The van der Waals surface area contributed by atoms with Gasteiger partial charge in [0, 0.05) is 23.2 Å². The maximum atomic E-state index is 11.8. The van der Waals surface area contributed by atoms with Gasteiger partial charge in [0.15, 0.2) is 0 Å². The van der Waals surface area contributed by atoms with Gasteiger partial charge in [0.05, 0.1) is 6.42 Å². The minimum Gasteiger partial charge on any atom is -0.457 e. The summed E-state index contributed by atoms with van der Waals surface area (Å²) >= 11 is 5.94. The maximum Gasteiger partial charge on any atom is 0.307 e. The van der Waals surface area contributed by atoms with E-state index in [1.165, 1.54) is 5.57 Å². The molecule has 0 spiro atoms. The van der Waals surface area contributed by atoms with Crippen LogP contribution < -0.4 is 5.32 Å². The largest absolute Gasteiger partial charge is 0.457 e. The maximum absolute atomic E-state index is 11.8. The van der Waals surface area contributed by atoms with Crippen molar-refractivity contribution in [1.29, 1.82) is 0 Å². The quantitative estimate of drug-likeness (QED) is 0.796. The zero-order chi connectivity index (χ0) is 17.1. The van der Waals surface area contributed by atoms with E-state index in [0.717, 1.165) is 24.2 Å². The van der Waals surface area contributed by atoms with Gasteiger partial charge in [-0.1, -0.05) is 54.1 Å². The molecule has 1 aliphatic carbocycles. The number of hydrogen-bond donors (Lipinski definition) is 1. The lowest BCUT2D eigenvalue weighted by Crippen LogP contribution is -2.26. The molecule has 1 fully saturated rings. The number of cyclic esters (lactones) is 1. The number of halogens is 1. The fourth-order valence-electron chi connectivity index (χ4n) is 3.13. The number of benzene rings is 1. The average Bonchev–Trinajstić information content (AvgIpc) is 2.97. The molecule has 2 aliphatic rings. The van der Waals surface area contributed by atoms with Crippen LogP contribution in [0.3, 0.4) is 0 Å². The Morgan fingerprint density at radius 3 is 2.79 bits per heavy atom. The van der Waals surface area contributed by atoms with Crippen molar-refractivity contribution in [3.63, 3.8) is 0 Å². The highest BCUT2D eigenvalue weighted by Gasteiger charge is 2.37. The molecule has 0 bridgehead atoms. The van der Waals surface area contributed by atoms with E-state index in [-0.39, 0.29) is 18.0 Å². The highest BCUT2D eigenvalue weighted by molar-refractivity contribution is 6.30. The van der Waals surface area contributed by atoms with Crippen LogP contribution in [0, 0.1) is 11.8 Å². The molecule has 1 N–H and O–H groups in total. The van der Waals surface area contributed by atoms with E-state index in [9.17, 15) is 4.79 Å². The van der Waals surface area contributed by atoms with E-state index < -0.39 is 0 Å². The number of hydrogen-bond acceptors (Lipinski definition) is 3. The van der Waals surface area contributed by atoms with Crippen molar-refractivity contribution in [3.8, 4) is 0 Å². The van der Waals surface area contributed by atoms with E-state index in [1.807, 2.05) is 24.3 Å². The van der Waals surface area contributed by atoms with Crippen LogP contribution in [0.25, 0.3) is 0 Å².